The molecule has 26 heavy (non-hydrogen) atoms. The van der Waals surface area contributed by atoms with Crippen LogP contribution in [-0.4, -0.2) is 53.8 Å². The third-order valence-corrected chi connectivity index (χ3v) is 4.78. The van der Waals surface area contributed by atoms with E-state index in [0.717, 1.165) is 43.7 Å². The molecule has 0 radical (unpaired) electrons. The van der Waals surface area contributed by atoms with Crippen LogP contribution in [0.2, 0.25) is 0 Å². The minimum Gasteiger partial charge on any atom is -0.297 e. The summed E-state index contributed by atoms with van der Waals surface area (Å²) in [4.78, 5) is 20.4. The zero-order chi connectivity index (χ0) is 17.8. The molecule has 4 rings (SSSR count). The summed E-state index contributed by atoms with van der Waals surface area (Å²) in [6.07, 6.45) is 9.05. The second-order valence-electron chi connectivity index (χ2n) is 6.43. The largest absolute Gasteiger partial charge is 0.297 e. The van der Waals surface area contributed by atoms with Gasteiger partial charge in [-0.2, -0.15) is 20.1 Å². The average molecular weight is 351 g/mol. The second-order valence-corrected chi connectivity index (χ2v) is 6.43. The summed E-state index contributed by atoms with van der Waals surface area (Å²) in [6, 6.07) is 7.47. The van der Waals surface area contributed by atoms with Crippen LogP contribution in [0.5, 0.6) is 0 Å². The van der Waals surface area contributed by atoms with Crippen molar-refractivity contribution in [2.75, 3.05) is 13.1 Å². The van der Waals surface area contributed by atoms with Crippen molar-refractivity contribution in [1.82, 2.24) is 34.7 Å². The zero-order valence-corrected chi connectivity index (χ0v) is 14.5. The minimum atomic E-state index is -0.0663. The SMILES string of the molecule is O=c1ccc(-c2ccncc2)nn1CC1CCCN1CCn1nccn1. The Labute approximate surface area is 151 Å². The van der Waals surface area contributed by atoms with Crippen LogP contribution in [0, 0.1) is 0 Å². The van der Waals surface area contributed by atoms with Gasteiger partial charge in [-0.1, -0.05) is 0 Å². The first kappa shape index (κ1) is 16.6. The van der Waals surface area contributed by atoms with Gasteiger partial charge in [-0.3, -0.25) is 14.7 Å². The first-order valence-electron chi connectivity index (χ1n) is 8.86. The lowest BCUT2D eigenvalue weighted by molar-refractivity contribution is 0.210. The molecule has 1 saturated heterocycles. The van der Waals surface area contributed by atoms with E-state index in [-0.39, 0.29) is 5.56 Å². The van der Waals surface area contributed by atoms with Gasteiger partial charge in [-0.25, -0.2) is 4.68 Å². The summed E-state index contributed by atoms with van der Waals surface area (Å²) in [5, 5.41) is 12.9. The van der Waals surface area contributed by atoms with Crippen LogP contribution in [0.25, 0.3) is 11.3 Å². The predicted molar refractivity (Wildman–Crippen MR) is 96.3 cm³/mol. The number of likely N-dealkylation sites (tertiary alicyclic amines) is 1. The molecule has 8 nitrogen and oxygen atoms in total. The molecule has 4 heterocycles. The molecule has 1 aliphatic heterocycles. The van der Waals surface area contributed by atoms with Crippen LogP contribution in [-0.2, 0) is 13.1 Å². The molecule has 8 heteroatoms. The van der Waals surface area contributed by atoms with Crippen LogP contribution in [0.4, 0.5) is 0 Å². The number of rotatable bonds is 6. The van der Waals surface area contributed by atoms with Crippen LogP contribution in [0.15, 0.2) is 53.8 Å². The number of hydrogen-bond donors (Lipinski definition) is 0. The summed E-state index contributed by atoms with van der Waals surface area (Å²) in [5.74, 6) is 0. The minimum absolute atomic E-state index is 0.0663. The Morgan fingerprint density at radius 1 is 1.00 bits per heavy atom. The van der Waals surface area contributed by atoms with Crippen LogP contribution in [0.1, 0.15) is 12.8 Å². The molecular formula is C18H21N7O. The number of aromatic nitrogens is 6. The molecule has 1 fully saturated rings. The van der Waals surface area contributed by atoms with E-state index in [1.165, 1.54) is 0 Å². The fourth-order valence-electron chi connectivity index (χ4n) is 3.43. The first-order chi connectivity index (χ1) is 12.8. The molecular weight excluding hydrogens is 330 g/mol. The molecule has 1 aliphatic rings. The maximum absolute atomic E-state index is 12.3. The Kier molecular flexibility index (Phi) is 4.83. The van der Waals surface area contributed by atoms with Crippen molar-refractivity contribution in [3.63, 3.8) is 0 Å². The number of pyridine rings is 1. The van der Waals surface area contributed by atoms with E-state index in [1.807, 2.05) is 12.1 Å². The van der Waals surface area contributed by atoms with Crippen LogP contribution < -0.4 is 5.56 Å². The molecule has 0 saturated carbocycles. The molecule has 1 atom stereocenters. The standard InChI is InChI=1S/C18H21N7O/c26-18-4-3-17(15-5-7-19-8-6-15)22-24(18)14-16-2-1-11-23(16)12-13-25-20-9-10-21-25/h3-10,16H,1-2,11-14H2. The second kappa shape index (κ2) is 7.57. The van der Waals surface area contributed by atoms with Gasteiger partial charge in [0.2, 0.25) is 0 Å². The van der Waals surface area contributed by atoms with E-state index in [4.69, 9.17) is 0 Å². The lowest BCUT2D eigenvalue weighted by Gasteiger charge is -2.24. The van der Waals surface area contributed by atoms with Crippen molar-refractivity contribution in [3.8, 4) is 11.3 Å². The molecule has 0 N–H and O–H groups in total. The summed E-state index contributed by atoms with van der Waals surface area (Å²) in [5.41, 5.74) is 1.68. The van der Waals surface area contributed by atoms with Crippen molar-refractivity contribution in [2.45, 2.75) is 32.0 Å². The Morgan fingerprint density at radius 2 is 1.81 bits per heavy atom. The summed E-state index contributed by atoms with van der Waals surface area (Å²) >= 11 is 0. The van der Waals surface area contributed by atoms with E-state index in [0.29, 0.717) is 12.6 Å². The Hall–Kier alpha value is -2.87. The highest BCUT2D eigenvalue weighted by atomic mass is 16.1. The van der Waals surface area contributed by atoms with Gasteiger partial charge in [-0.05, 0) is 37.6 Å². The lowest BCUT2D eigenvalue weighted by Crippen LogP contribution is -2.38. The molecule has 134 valence electrons. The molecule has 1 unspecified atom stereocenters. The van der Waals surface area contributed by atoms with Crippen LogP contribution in [0.3, 0.4) is 0 Å². The Morgan fingerprint density at radius 3 is 2.62 bits per heavy atom. The van der Waals surface area contributed by atoms with Gasteiger partial charge in [0.05, 0.1) is 31.2 Å². The van der Waals surface area contributed by atoms with Crippen molar-refractivity contribution < 1.29 is 0 Å². The third kappa shape index (κ3) is 3.70. The van der Waals surface area contributed by atoms with Gasteiger partial charge < -0.3 is 0 Å². The highest BCUT2D eigenvalue weighted by molar-refractivity contribution is 5.56. The van der Waals surface area contributed by atoms with Gasteiger partial charge in [0.15, 0.2) is 0 Å². The molecule has 0 aromatic carbocycles. The van der Waals surface area contributed by atoms with Gasteiger partial charge in [0, 0.05) is 36.6 Å². The smallest absolute Gasteiger partial charge is 0.266 e. The van der Waals surface area contributed by atoms with E-state index >= 15 is 0 Å². The highest BCUT2D eigenvalue weighted by Gasteiger charge is 2.25. The molecule has 3 aromatic heterocycles. The van der Waals surface area contributed by atoms with Gasteiger partial charge in [-0.15, -0.1) is 0 Å². The maximum Gasteiger partial charge on any atom is 0.266 e. The monoisotopic (exact) mass is 351 g/mol. The van der Waals surface area contributed by atoms with Crippen molar-refractivity contribution in [2.24, 2.45) is 0 Å². The van der Waals surface area contributed by atoms with E-state index in [9.17, 15) is 4.79 Å². The quantitative estimate of drug-likeness (QED) is 0.660. The van der Waals surface area contributed by atoms with Crippen LogP contribution >= 0.6 is 0 Å². The molecule has 0 bridgehead atoms. The van der Waals surface area contributed by atoms with Crippen molar-refractivity contribution >= 4 is 0 Å². The number of nitrogens with zero attached hydrogens (tertiary/aromatic N) is 7. The summed E-state index contributed by atoms with van der Waals surface area (Å²) in [6.45, 7) is 3.26. The maximum atomic E-state index is 12.3. The Bertz CT molecular complexity index is 891. The van der Waals surface area contributed by atoms with Crippen molar-refractivity contribution in [1.29, 1.82) is 0 Å². The summed E-state index contributed by atoms with van der Waals surface area (Å²) in [7, 11) is 0. The predicted octanol–water partition coefficient (Wildman–Crippen LogP) is 1.06. The molecule has 0 aliphatic carbocycles. The fourth-order valence-corrected chi connectivity index (χ4v) is 3.43. The molecule has 0 spiro atoms. The van der Waals surface area contributed by atoms with Gasteiger partial charge in [0.25, 0.3) is 5.56 Å². The van der Waals surface area contributed by atoms with Gasteiger partial charge in [0.1, 0.15) is 0 Å². The molecule has 0 amide bonds. The van der Waals surface area contributed by atoms with E-state index < -0.39 is 0 Å². The topological polar surface area (TPSA) is 81.7 Å². The number of hydrogen-bond acceptors (Lipinski definition) is 6. The van der Waals surface area contributed by atoms with E-state index in [1.54, 1.807) is 46.4 Å². The van der Waals surface area contributed by atoms with Crippen molar-refractivity contribution in [3.05, 3.63) is 59.4 Å². The normalized spacial score (nSPS) is 17.6. The first-order valence-corrected chi connectivity index (χ1v) is 8.86. The van der Waals surface area contributed by atoms with Gasteiger partial charge >= 0.3 is 0 Å². The molecule has 3 aromatic rings. The fraction of sp³-hybridized carbons (Fsp3) is 0.389. The summed E-state index contributed by atoms with van der Waals surface area (Å²) < 4.78 is 1.59. The Balaban J connectivity index is 1.48. The third-order valence-electron chi connectivity index (χ3n) is 4.78. The lowest BCUT2D eigenvalue weighted by atomic mass is 10.2. The zero-order valence-electron chi connectivity index (χ0n) is 14.5. The highest BCUT2D eigenvalue weighted by Crippen LogP contribution is 2.19. The van der Waals surface area contributed by atoms with E-state index in [2.05, 4.69) is 25.2 Å². The average Bonchev–Trinajstić information content (AvgIpc) is 3.34.